The van der Waals surface area contributed by atoms with Gasteiger partial charge >= 0.3 is 0 Å². The average molecular weight is 341 g/mol. The van der Waals surface area contributed by atoms with Gasteiger partial charge in [0.2, 0.25) is 0 Å². The Morgan fingerprint density at radius 1 is 1.04 bits per heavy atom. The van der Waals surface area contributed by atoms with Crippen molar-refractivity contribution < 1.29 is 4.57 Å². The summed E-state index contributed by atoms with van der Waals surface area (Å²) in [6.45, 7) is 6.49. The van der Waals surface area contributed by atoms with Crippen molar-refractivity contribution in [1.82, 2.24) is 14.5 Å². The summed E-state index contributed by atoms with van der Waals surface area (Å²) in [7, 11) is 2.06. The average Bonchev–Trinajstić information content (AvgIpc) is 3.15. The van der Waals surface area contributed by atoms with Crippen LogP contribution in [0.15, 0.2) is 42.7 Å². The minimum atomic E-state index is 0.881. The Hall–Kier alpha value is -3.01. The maximum atomic E-state index is 4.86. The summed E-state index contributed by atoms with van der Waals surface area (Å²) in [4.78, 5) is 9.26. The van der Waals surface area contributed by atoms with Gasteiger partial charge in [-0.2, -0.15) is 0 Å². The molecule has 0 saturated carbocycles. The summed E-state index contributed by atoms with van der Waals surface area (Å²) in [6, 6.07) is 12.9. The maximum Gasteiger partial charge on any atom is 0.286 e. The molecule has 0 fully saturated rings. The topological polar surface area (TPSA) is 34.6 Å². The molecule has 4 aromatic rings. The summed E-state index contributed by atoms with van der Waals surface area (Å²) < 4.78 is 4.44. The van der Waals surface area contributed by atoms with Gasteiger partial charge in [0.25, 0.3) is 6.33 Å². The second-order valence-corrected chi connectivity index (χ2v) is 7.24. The van der Waals surface area contributed by atoms with Gasteiger partial charge in [-0.1, -0.05) is 17.1 Å². The third-order valence-corrected chi connectivity index (χ3v) is 5.58. The third-order valence-electron chi connectivity index (χ3n) is 5.58. The predicted molar refractivity (Wildman–Crippen MR) is 102 cm³/mol. The van der Waals surface area contributed by atoms with Crippen LogP contribution in [0, 0.1) is 20.8 Å². The molecule has 0 atom stereocenters. The highest BCUT2D eigenvalue weighted by Gasteiger charge is 2.27. The molecule has 1 aliphatic heterocycles. The smallest absolute Gasteiger partial charge is 0.286 e. The first-order valence-corrected chi connectivity index (χ1v) is 8.97. The molecular formula is C22H21N4+. The molecule has 3 heterocycles. The van der Waals surface area contributed by atoms with E-state index in [9.17, 15) is 0 Å². The van der Waals surface area contributed by atoms with E-state index in [1.165, 1.54) is 39.2 Å². The Bertz CT molecular complexity index is 1200. The van der Waals surface area contributed by atoms with Gasteiger partial charge in [0.1, 0.15) is 11.5 Å². The number of hydrogen-bond acceptors (Lipinski definition) is 2. The number of hydrogen-bond donors (Lipinski definition) is 0. The summed E-state index contributed by atoms with van der Waals surface area (Å²) in [6.07, 6.45) is 2.77. The van der Waals surface area contributed by atoms with Crippen molar-refractivity contribution in [2.45, 2.75) is 27.2 Å². The van der Waals surface area contributed by atoms with E-state index in [0.29, 0.717) is 0 Å². The van der Waals surface area contributed by atoms with Crippen molar-refractivity contribution in [2.75, 3.05) is 0 Å². The fourth-order valence-corrected chi connectivity index (χ4v) is 4.14. The minimum absolute atomic E-state index is 0.881. The van der Waals surface area contributed by atoms with E-state index in [2.05, 4.69) is 71.4 Å². The normalized spacial score (nSPS) is 12.5. The molecule has 5 rings (SSSR count). The zero-order valence-corrected chi connectivity index (χ0v) is 15.5. The number of rotatable bonds is 1. The predicted octanol–water partition coefficient (Wildman–Crippen LogP) is 3.74. The van der Waals surface area contributed by atoms with E-state index < -0.39 is 0 Å². The highest BCUT2D eigenvalue weighted by Crippen LogP contribution is 2.38. The first kappa shape index (κ1) is 15.3. The molecule has 0 aliphatic carbocycles. The number of fused-ring (bicyclic) bond motifs is 5. The van der Waals surface area contributed by atoms with Crippen molar-refractivity contribution in [3.8, 4) is 16.9 Å². The summed E-state index contributed by atoms with van der Waals surface area (Å²) >= 11 is 0. The molecule has 26 heavy (non-hydrogen) atoms. The Kier molecular flexibility index (Phi) is 3.08. The monoisotopic (exact) mass is 341 g/mol. The molecule has 0 saturated heterocycles. The van der Waals surface area contributed by atoms with Crippen molar-refractivity contribution in [1.29, 1.82) is 0 Å². The number of imidazole rings is 1. The standard InChI is InChI=1S/C22H21N4/c1-13-9-20(25(4)12-23-13)17-10-16-11-21-24-18-7-5-6-8-19(18)26(21)22(16)15(3)14(17)2/h5-10,12H,11H2,1-4H3/q+1. The van der Waals surface area contributed by atoms with Crippen LogP contribution in [0.3, 0.4) is 0 Å². The lowest BCUT2D eigenvalue weighted by Crippen LogP contribution is -2.31. The molecule has 1 aliphatic rings. The minimum Gasteiger partial charge on any atom is -0.295 e. The Morgan fingerprint density at radius 3 is 2.69 bits per heavy atom. The van der Waals surface area contributed by atoms with Gasteiger partial charge in [0, 0.05) is 25.0 Å². The molecule has 0 radical (unpaired) electrons. The largest absolute Gasteiger partial charge is 0.295 e. The van der Waals surface area contributed by atoms with E-state index in [1.807, 2.05) is 13.3 Å². The zero-order chi connectivity index (χ0) is 18.0. The van der Waals surface area contributed by atoms with Gasteiger partial charge in [0.15, 0.2) is 5.69 Å². The van der Waals surface area contributed by atoms with Crippen molar-refractivity contribution in [3.05, 3.63) is 70.9 Å². The number of para-hydroxylation sites is 2. The second kappa shape index (κ2) is 5.24. The fourth-order valence-electron chi connectivity index (χ4n) is 4.14. The first-order valence-electron chi connectivity index (χ1n) is 8.97. The molecular weight excluding hydrogens is 320 g/mol. The molecule has 0 amide bonds. The molecule has 128 valence electrons. The molecule has 4 heteroatoms. The van der Waals surface area contributed by atoms with Gasteiger partial charge < -0.3 is 0 Å². The molecule has 0 N–H and O–H groups in total. The van der Waals surface area contributed by atoms with Crippen LogP contribution in [-0.4, -0.2) is 14.5 Å². The Labute approximate surface area is 152 Å². The van der Waals surface area contributed by atoms with Crippen LogP contribution in [0.1, 0.15) is 28.2 Å². The second-order valence-electron chi connectivity index (χ2n) is 7.24. The van der Waals surface area contributed by atoms with Gasteiger partial charge in [-0.15, -0.1) is 0 Å². The molecule has 4 nitrogen and oxygen atoms in total. The molecule has 0 bridgehead atoms. The number of aromatic nitrogens is 4. The summed E-state index contributed by atoms with van der Waals surface area (Å²) in [5.74, 6) is 1.14. The van der Waals surface area contributed by atoms with Crippen molar-refractivity contribution in [2.24, 2.45) is 7.05 Å². The lowest BCUT2D eigenvalue weighted by molar-refractivity contribution is -0.663. The van der Waals surface area contributed by atoms with Crippen LogP contribution in [0.25, 0.3) is 28.0 Å². The summed E-state index contributed by atoms with van der Waals surface area (Å²) in [5, 5.41) is 0. The van der Waals surface area contributed by atoms with Gasteiger partial charge in [-0.25, -0.2) is 9.55 Å². The lowest BCUT2D eigenvalue weighted by Gasteiger charge is -2.15. The SMILES string of the molecule is Cc1cc(-c2cc3c(c(C)c2C)-n2c(nc4ccccc42)C3)[n+](C)cn1. The quantitative estimate of drug-likeness (QED) is 0.435. The Morgan fingerprint density at radius 2 is 1.85 bits per heavy atom. The number of benzene rings is 2. The Balaban J connectivity index is 1.79. The van der Waals surface area contributed by atoms with Crippen LogP contribution in [0.4, 0.5) is 0 Å². The van der Waals surface area contributed by atoms with Crippen LogP contribution >= 0.6 is 0 Å². The summed E-state index contributed by atoms with van der Waals surface area (Å²) in [5.41, 5.74) is 11.1. The third kappa shape index (κ3) is 1.99. The van der Waals surface area contributed by atoms with Crippen molar-refractivity contribution >= 4 is 11.0 Å². The van der Waals surface area contributed by atoms with Crippen molar-refractivity contribution in [3.63, 3.8) is 0 Å². The zero-order valence-electron chi connectivity index (χ0n) is 15.5. The van der Waals surface area contributed by atoms with E-state index in [4.69, 9.17) is 4.98 Å². The van der Waals surface area contributed by atoms with E-state index in [0.717, 1.165) is 23.5 Å². The fraction of sp³-hybridized carbons (Fsp3) is 0.227. The van der Waals surface area contributed by atoms with Crippen LogP contribution in [-0.2, 0) is 13.5 Å². The van der Waals surface area contributed by atoms with Crippen LogP contribution in [0.2, 0.25) is 0 Å². The number of aryl methyl sites for hydroxylation is 2. The molecule has 0 spiro atoms. The molecule has 2 aromatic carbocycles. The van der Waals surface area contributed by atoms with Gasteiger partial charge in [-0.3, -0.25) is 4.57 Å². The van der Waals surface area contributed by atoms with Gasteiger partial charge in [-0.05, 0) is 48.7 Å². The van der Waals surface area contributed by atoms with Crippen LogP contribution < -0.4 is 4.57 Å². The van der Waals surface area contributed by atoms with Gasteiger partial charge in [0.05, 0.1) is 23.8 Å². The molecule has 2 aromatic heterocycles. The van der Waals surface area contributed by atoms with E-state index in [-0.39, 0.29) is 0 Å². The van der Waals surface area contributed by atoms with Crippen LogP contribution in [0.5, 0.6) is 0 Å². The molecule has 0 unspecified atom stereocenters. The highest BCUT2D eigenvalue weighted by molar-refractivity contribution is 5.82. The lowest BCUT2D eigenvalue weighted by atomic mass is 9.94. The van der Waals surface area contributed by atoms with E-state index in [1.54, 1.807) is 0 Å². The first-order chi connectivity index (χ1) is 12.5. The number of nitrogens with zero attached hydrogens (tertiary/aromatic N) is 4. The van der Waals surface area contributed by atoms with E-state index >= 15 is 0 Å². The highest BCUT2D eigenvalue weighted by atomic mass is 15.1. The maximum absolute atomic E-state index is 4.86.